The van der Waals surface area contributed by atoms with E-state index in [1.807, 2.05) is 29.9 Å². The zero-order chi connectivity index (χ0) is 18.3. The Kier molecular flexibility index (Phi) is 3.64. The van der Waals surface area contributed by atoms with Crippen molar-refractivity contribution in [2.45, 2.75) is 6.36 Å². The lowest BCUT2D eigenvalue weighted by atomic mass is 10.1. The lowest BCUT2D eigenvalue weighted by Gasteiger charge is -2.09. The van der Waals surface area contributed by atoms with E-state index in [2.05, 4.69) is 20.0 Å². The summed E-state index contributed by atoms with van der Waals surface area (Å²) < 4.78 is 44.2. The molecule has 0 N–H and O–H groups in total. The monoisotopic (exact) mass is 359 g/mol. The van der Waals surface area contributed by atoms with Gasteiger partial charge in [0.1, 0.15) is 5.75 Å². The van der Waals surface area contributed by atoms with Crippen molar-refractivity contribution in [3.05, 3.63) is 55.0 Å². The van der Waals surface area contributed by atoms with E-state index in [1.54, 1.807) is 29.1 Å². The average molecular weight is 359 g/mol. The summed E-state index contributed by atoms with van der Waals surface area (Å²) in [6.45, 7) is 0. The van der Waals surface area contributed by atoms with Crippen molar-refractivity contribution in [2.24, 2.45) is 7.05 Å². The minimum atomic E-state index is -4.71. The molecule has 1 aromatic carbocycles. The van der Waals surface area contributed by atoms with Gasteiger partial charge in [0.2, 0.25) is 0 Å². The maximum Gasteiger partial charge on any atom is 0.573 e. The third-order valence-electron chi connectivity index (χ3n) is 3.79. The van der Waals surface area contributed by atoms with Gasteiger partial charge in [-0.1, -0.05) is 12.1 Å². The summed E-state index contributed by atoms with van der Waals surface area (Å²) in [5.41, 5.74) is 3.02. The topological polar surface area (TPSA) is 57.2 Å². The van der Waals surface area contributed by atoms with Crippen LogP contribution in [0.3, 0.4) is 0 Å². The fraction of sp³-hybridized carbons (Fsp3) is 0.118. The van der Waals surface area contributed by atoms with Gasteiger partial charge in [-0.3, -0.25) is 9.08 Å². The Morgan fingerprint density at radius 3 is 2.27 bits per heavy atom. The Hall–Kier alpha value is -3.36. The van der Waals surface area contributed by atoms with E-state index in [-0.39, 0.29) is 5.75 Å². The Balaban J connectivity index is 1.71. The molecule has 0 bridgehead atoms. The van der Waals surface area contributed by atoms with Crippen LogP contribution in [-0.2, 0) is 7.05 Å². The lowest BCUT2D eigenvalue weighted by molar-refractivity contribution is -0.274. The van der Waals surface area contributed by atoms with Gasteiger partial charge in [-0.2, -0.15) is 5.10 Å². The number of alkyl halides is 3. The second-order valence-electron chi connectivity index (χ2n) is 5.64. The fourth-order valence-electron chi connectivity index (χ4n) is 2.64. The average Bonchev–Trinajstić information content (AvgIpc) is 3.19. The van der Waals surface area contributed by atoms with Crippen molar-refractivity contribution in [3.8, 4) is 28.3 Å². The Morgan fingerprint density at radius 2 is 1.62 bits per heavy atom. The van der Waals surface area contributed by atoms with Crippen LogP contribution in [0.2, 0.25) is 0 Å². The highest BCUT2D eigenvalue weighted by Crippen LogP contribution is 2.27. The maximum absolute atomic E-state index is 12.3. The molecule has 0 amide bonds. The number of ether oxygens (including phenoxy) is 1. The fourth-order valence-corrected chi connectivity index (χ4v) is 2.64. The summed E-state index contributed by atoms with van der Waals surface area (Å²) >= 11 is 0. The molecular formula is C17H12F3N5O. The molecule has 0 aliphatic carbocycles. The normalized spacial score (nSPS) is 11.8. The second-order valence-corrected chi connectivity index (χ2v) is 5.64. The molecule has 0 fully saturated rings. The van der Waals surface area contributed by atoms with Crippen LogP contribution in [0.1, 0.15) is 0 Å². The third-order valence-corrected chi connectivity index (χ3v) is 3.79. The summed E-state index contributed by atoms with van der Waals surface area (Å²) in [6, 6.07) is 9.31. The predicted octanol–water partition coefficient (Wildman–Crippen LogP) is 3.70. The van der Waals surface area contributed by atoms with Crippen molar-refractivity contribution in [1.82, 2.24) is 24.4 Å². The molecule has 0 saturated heterocycles. The van der Waals surface area contributed by atoms with Gasteiger partial charge in [0, 0.05) is 19.4 Å². The van der Waals surface area contributed by atoms with Crippen LogP contribution in [0.5, 0.6) is 5.75 Å². The van der Waals surface area contributed by atoms with Gasteiger partial charge in [-0.15, -0.1) is 23.4 Å². The van der Waals surface area contributed by atoms with E-state index in [0.29, 0.717) is 11.5 Å². The van der Waals surface area contributed by atoms with Crippen molar-refractivity contribution < 1.29 is 17.9 Å². The Morgan fingerprint density at radius 1 is 0.885 bits per heavy atom. The van der Waals surface area contributed by atoms with Crippen LogP contribution in [0.25, 0.3) is 28.2 Å². The number of rotatable bonds is 3. The number of halogens is 3. The molecule has 0 unspecified atom stereocenters. The molecule has 6 nitrogen and oxygen atoms in total. The van der Waals surface area contributed by atoms with Crippen LogP contribution in [0.4, 0.5) is 13.2 Å². The Bertz CT molecular complexity index is 1070. The highest BCUT2D eigenvalue weighted by Gasteiger charge is 2.30. The molecule has 0 atom stereocenters. The van der Waals surface area contributed by atoms with Crippen LogP contribution in [-0.4, -0.2) is 30.7 Å². The Labute approximate surface area is 145 Å². The summed E-state index contributed by atoms with van der Waals surface area (Å²) in [7, 11) is 1.81. The maximum atomic E-state index is 12.3. The second kappa shape index (κ2) is 5.87. The van der Waals surface area contributed by atoms with Crippen molar-refractivity contribution in [3.63, 3.8) is 0 Å². The number of nitrogens with zero attached hydrogens (tertiary/aromatic N) is 5. The van der Waals surface area contributed by atoms with Crippen molar-refractivity contribution in [1.29, 1.82) is 0 Å². The molecule has 4 rings (SSSR count). The van der Waals surface area contributed by atoms with Gasteiger partial charge in [-0.25, -0.2) is 0 Å². The van der Waals surface area contributed by atoms with Crippen LogP contribution < -0.4 is 4.74 Å². The van der Waals surface area contributed by atoms with E-state index < -0.39 is 6.36 Å². The number of fused-ring (bicyclic) bond motifs is 1. The predicted molar refractivity (Wildman–Crippen MR) is 87.3 cm³/mol. The third kappa shape index (κ3) is 3.10. The number of hydrogen-bond acceptors (Lipinski definition) is 4. The first-order valence-electron chi connectivity index (χ1n) is 7.59. The van der Waals surface area contributed by atoms with E-state index >= 15 is 0 Å². The van der Waals surface area contributed by atoms with Gasteiger partial charge in [0.15, 0.2) is 11.5 Å². The molecule has 0 radical (unpaired) electrons. The molecule has 3 heterocycles. The largest absolute Gasteiger partial charge is 0.573 e. The first-order valence-corrected chi connectivity index (χ1v) is 7.59. The van der Waals surface area contributed by atoms with Crippen molar-refractivity contribution >= 4 is 5.65 Å². The van der Waals surface area contributed by atoms with E-state index in [9.17, 15) is 13.2 Å². The number of hydrogen-bond donors (Lipinski definition) is 0. The quantitative estimate of drug-likeness (QED) is 0.560. The summed E-state index contributed by atoms with van der Waals surface area (Å²) in [5, 5.41) is 12.4. The van der Waals surface area contributed by atoms with Crippen LogP contribution in [0, 0.1) is 0 Å². The molecular weight excluding hydrogens is 347 g/mol. The highest BCUT2D eigenvalue weighted by atomic mass is 19.4. The lowest BCUT2D eigenvalue weighted by Crippen LogP contribution is -2.16. The van der Waals surface area contributed by atoms with Gasteiger partial charge < -0.3 is 4.74 Å². The first kappa shape index (κ1) is 16.1. The first-order chi connectivity index (χ1) is 12.4. The van der Waals surface area contributed by atoms with Crippen molar-refractivity contribution in [2.75, 3.05) is 0 Å². The van der Waals surface area contributed by atoms with Gasteiger partial charge in [-0.05, 0) is 35.4 Å². The number of pyridine rings is 1. The van der Waals surface area contributed by atoms with Crippen LogP contribution in [0.15, 0.2) is 55.0 Å². The number of aryl methyl sites for hydroxylation is 1. The molecule has 0 spiro atoms. The zero-order valence-electron chi connectivity index (χ0n) is 13.5. The summed E-state index contributed by atoms with van der Waals surface area (Å²) in [5.74, 6) is 0.370. The van der Waals surface area contributed by atoms with Crippen LogP contribution >= 0.6 is 0 Å². The van der Waals surface area contributed by atoms with E-state index in [0.717, 1.165) is 16.7 Å². The molecule has 9 heteroatoms. The molecule has 0 saturated carbocycles. The zero-order valence-corrected chi connectivity index (χ0v) is 13.5. The summed E-state index contributed by atoms with van der Waals surface area (Å²) in [6.07, 6.45) is 0.637. The van der Waals surface area contributed by atoms with E-state index in [4.69, 9.17) is 0 Å². The standard InChI is InChI=1S/C17H12F3N5O/c1-24-9-13(8-21-24)16-23-22-15-7-4-12(10-25(15)16)11-2-5-14(6-3-11)26-17(18,19)20/h2-10H,1H3. The number of benzene rings is 1. The molecule has 4 aromatic rings. The van der Waals surface area contributed by atoms with Gasteiger partial charge in [0.05, 0.1) is 11.8 Å². The van der Waals surface area contributed by atoms with Gasteiger partial charge >= 0.3 is 6.36 Å². The van der Waals surface area contributed by atoms with Gasteiger partial charge in [0.25, 0.3) is 0 Å². The molecule has 3 aromatic heterocycles. The highest BCUT2D eigenvalue weighted by molar-refractivity contribution is 5.67. The van der Waals surface area contributed by atoms with E-state index in [1.165, 1.54) is 12.1 Å². The molecule has 132 valence electrons. The molecule has 0 aliphatic heterocycles. The molecule has 0 aliphatic rings. The minimum Gasteiger partial charge on any atom is -0.406 e. The SMILES string of the molecule is Cn1cc(-c2nnc3ccc(-c4ccc(OC(F)(F)F)cc4)cn23)cn1. The minimum absolute atomic E-state index is 0.261. The number of aromatic nitrogens is 5. The summed E-state index contributed by atoms with van der Waals surface area (Å²) in [4.78, 5) is 0. The molecule has 26 heavy (non-hydrogen) atoms. The smallest absolute Gasteiger partial charge is 0.406 e.